The number of esters is 1. The standard InChI is InChI=1S/C16H18N4O4/c1-23-7-6-17-14(21)12-9-18-16(19-10-12)20-13-5-3-4-11(8-13)15(22)24-2/h3-5,8-10H,6-7H2,1-2H3,(H,17,21)(H,18,19,20). The lowest BCUT2D eigenvalue weighted by Crippen LogP contribution is -2.27. The monoisotopic (exact) mass is 330 g/mol. The smallest absolute Gasteiger partial charge is 0.337 e. The van der Waals surface area contributed by atoms with E-state index in [9.17, 15) is 9.59 Å². The summed E-state index contributed by atoms with van der Waals surface area (Å²) < 4.78 is 9.53. The summed E-state index contributed by atoms with van der Waals surface area (Å²) in [6.45, 7) is 0.846. The van der Waals surface area contributed by atoms with Gasteiger partial charge in [0.25, 0.3) is 5.91 Å². The molecule has 2 rings (SSSR count). The van der Waals surface area contributed by atoms with Crippen LogP contribution in [-0.2, 0) is 9.47 Å². The Hall–Kier alpha value is -3.00. The number of aromatic nitrogens is 2. The van der Waals surface area contributed by atoms with Crippen molar-refractivity contribution in [3.05, 3.63) is 47.8 Å². The second-order valence-corrected chi connectivity index (χ2v) is 4.74. The van der Waals surface area contributed by atoms with E-state index in [2.05, 4.69) is 25.3 Å². The highest BCUT2D eigenvalue weighted by Crippen LogP contribution is 2.15. The summed E-state index contributed by atoms with van der Waals surface area (Å²) in [5.74, 6) is -0.389. The Labute approximate surface area is 139 Å². The molecule has 0 fully saturated rings. The fourth-order valence-corrected chi connectivity index (χ4v) is 1.85. The Morgan fingerprint density at radius 1 is 1.12 bits per heavy atom. The number of amides is 1. The van der Waals surface area contributed by atoms with Crippen LogP contribution in [0, 0.1) is 0 Å². The van der Waals surface area contributed by atoms with Gasteiger partial charge >= 0.3 is 5.97 Å². The molecule has 2 aromatic rings. The minimum atomic E-state index is -0.428. The quantitative estimate of drug-likeness (QED) is 0.584. The predicted molar refractivity (Wildman–Crippen MR) is 87.3 cm³/mol. The minimum Gasteiger partial charge on any atom is -0.465 e. The van der Waals surface area contributed by atoms with Crippen LogP contribution in [0.15, 0.2) is 36.7 Å². The summed E-state index contributed by atoms with van der Waals surface area (Å²) in [5.41, 5.74) is 1.40. The van der Waals surface area contributed by atoms with E-state index in [1.807, 2.05) is 0 Å². The van der Waals surface area contributed by atoms with Crippen molar-refractivity contribution in [2.75, 3.05) is 32.7 Å². The first-order valence-corrected chi connectivity index (χ1v) is 7.18. The van der Waals surface area contributed by atoms with Gasteiger partial charge in [-0.05, 0) is 18.2 Å². The molecule has 1 heterocycles. The van der Waals surface area contributed by atoms with Gasteiger partial charge in [-0.2, -0.15) is 0 Å². The van der Waals surface area contributed by atoms with Gasteiger partial charge in [0.05, 0.1) is 24.8 Å². The largest absolute Gasteiger partial charge is 0.465 e. The van der Waals surface area contributed by atoms with E-state index in [-0.39, 0.29) is 5.91 Å². The van der Waals surface area contributed by atoms with Gasteiger partial charge in [-0.3, -0.25) is 4.79 Å². The van der Waals surface area contributed by atoms with Crippen LogP contribution in [0.1, 0.15) is 20.7 Å². The summed E-state index contributed by atoms with van der Waals surface area (Å²) in [4.78, 5) is 31.5. The summed E-state index contributed by atoms with van der Waals surface area (Å²) >= 11 is 0. The Kier molecular flexibility index (Phi) is 6.21. The highest BCUT2D eigenvalue weighted by molar-refractivity contribution is 5.93. The molecule has 1 aromatic heterocycles. The third-order valence-electron chi connectivity index (χ3n) is 3.05. The van der Waals surface area contributed by atoms with Crippen LogP contribution in [0.5, 0.6) is 0 Å². The average Bonchev–Trinajstić information content (AvgIpc) is 2.62. The van der Waals surface area contributed by atoms with Crippen LogP contribution in [0.4, 0.5) is 11.6 Å². The van der Waals surface area contributed by atoms with Crippen molar-refractivity contribution in [3.63, 3.8) is 0 Å². The van der Waals surface area contributed by atoms with Gasteiger partial charge in [0.2, 0.25) is 5.95 Å². The van der Waals surface area contributed by atoms with E-state index >= 15 is 0 Å². The molecule has 8 nitrogen and oxygen atoms in total. The van der Waals surface area contributed by atoms with Crippen LogP contribution in [0.2, 0.25) is 0 Å². The van der Waals surface area contributed by atoms with E-state index in [0.717, 1.165) is 0 Å². The lowest BCUT2D eigenvalue weighted by atomic mass is 10.2. The number of nitrogens with zero attached hydrogens (tertiary/aromatic N) is 2. The fraction of sp³-hybridized carbons (Fsp3) is 0.250. The maximum atomic E-state index is 11.8. The summed E-state index contributed by atoms with van der Waals surface area (Å²) in [6.07, 6.45) is 2.84. The maximum absolute atomic E-state index is 11.8. The number of methoxy groups -OCH3 is 2. The highest BCUT2D eigenvalue weighted by atomic mass is 16.5. The van der Waals surface area contributed by atoms with E-state index in [0.29, 0.717) is 35.9 Å². The fourth-order valence-electron chi connectivity index (χ4n) is 1.85. The van der Waals surface area contributed by atoms with Crippen molar-refractivity contribution >= 4 is 23.5 Å². The second-order valence-electron chi connectivity index (χ2n) is 4.74. The number of hydrogen-bond donors (Lipinski definition) is 2. The molecule has 0 aliphatic rings. The molecule has 0 unspecified atom stereocenters. The average molecular weight is 330 g/mol. The predicted octanol–water partition coefficient (Wildman–Crippen LogP) is 1.38. The third-order valence-corrected chi connectivity index (χ3v) is 3.05. The first-order valence-electron chi connectivity index (χ1n) is 7.18. The van der Waals surface area contributed by atoms with Crippen molar-refractivity contribution in [2.24, 2.45) is 0 Å². The molecule has 8 heteroatoms. The van der Waals surface area contributed by atoms with Gasteiger partial charge in [0.1, 0.15) is 0 Å². The molecular weight excluding hydrogens is 312 g/mol. The third kappa shape index (κ3) is 4.75. The van der Waals surface area contributed by atoms with Gasteiger partial charge < -0.3 is 20.1 Å². The summed E-state index contributed by atoms with van der Waals surface area (Å²) in [7, 11) is 2.88. The number of hydrogen-bond acceptors (Lipinski definition) is 7. The molecule has 0 aliphatic heterocycles. The minimum absolute atomic E-state index is 0.272. The molecule has 0 bridgehead atoms. The van der Waals surface area contributed by atoms with Crippen molar-refractivity contribution in [1.82, 2.24) is 15.3 Å². The van der Waals surface area contributed by atoms with Crippen molar-refractivity contribution in [1.29, 1.82) is 0 Å². The molecule has 1 aromatic carbocycles. The molecule has 24 heavy (non-hydrogen) atoms. The molecule has 2 N–H and O–H groups in total. The molecule has 1 amide bonds. The van der Waals surface area contributed by atoms with E-state index in [1.54, 1.807) is 31.4 Å². The van der Waals surface area contributed by atoms with Gasteiger partial charge in [0.15, 0.2) is 0 Å². The molecule has 0 radical (unpaired) electrons. The number of rotatable bonds is 7. The SMILES string of the molecule is COCCNC(=O)c1cnc(Nc2cccc(C(=O)OC)c2)nc1. The van der Waals surface area contributed by atoms with Crippen LogP contribution in [0.3, 0.4) is 0 Å². The van der Waals surface area contributed by atoms with Gasteiger partial charge in [-0.15, -0.1) is 0 Å². The van der Waals surface area contributed by atoms with Crippen LogP contribution in [-0.4, -0.2) is 49.2 Å². The number of benzene rings is 1. The molecular formula is C16H18N4O4. The lowest BCUT2D eigenvalue weighted by Gasteiger charge is -2.07. The molecule has 0 saturated carbocycles. The lowest BCUT2D eigenvalue weighted by molar-refractivity contribution is 0.0600. The Morgan fingerprint density at radius 2 is 1.88 bits per heavy atom. The number of ether oxygens (including phenoxy) is 2. The first-order chi connectivity index (χ1) is 11.6. The zero-order valence-corrected chi connectivity index (χ0v) is 13.4. The van der Waals surface area contributed by atoms with E-state index in [4.69, 9.17) is 4.74 Å². The van der Waals surface area contributed by atoms with E-state index in [1.165, 1.54) is 19.5 Å². The number of carbonyl (C=O) groups excluding carboxylic acids is 2. The Morgan fingerprint density at radius 3 is 2.54 bits per heavy atom. The van der Waals surface area contributed by atoms with Crippen molar-refractivity contribution in [2.45, 2.75) is 0 Å². The van der Waals surface area contributed by atoms with Crippen LogP contribution in [0.25, 0.3) is 0 Å². The highest BCUT2D eigenvalue weighted by Gasteiger charge is 2.08. The van der Waals surface area contributed by atoms with E-state index < -0.39 is 5.97 Å². The first kappa shape index (κ1) is 17.4. The molecule has 0 aliphatic carbocycles. The number of nitrogens with one attached hydrogen (secondary N) is 2. The van der Waals surface area contributed by atoms with Crippen LogP contribution < -0.4 is 10.6 Å². The topological polar surface area (TPSA) is 102 Å². The van der Waals surface area contributed by atoms with Gasteiger partial charge in [0, 0.05) is 31.7 Å². The summed E-state index contributed by atoms with van der Waals surface area (Å²) in [5, 5.41) is 5.64. The Balaban J connectivity index is 2.01. The second kappa shape index (κ2) is 8.59. The van der Waals surface area contributed by atoms with Crippen LogP contribution >= 0.6 is 0 Å². The number of anilines is 2. The molecule has 0 atom stereocenters. The summed E-state index contributed by atoms with van der Waals surface area (Å²) in [6, 6.07) is 6.75. The normalized spacial score (nSPS) is 10.1. The molecule has 126 valence electrons. The zero-order valence-electron chi connectivity index (χ0n) is 13.4. The van der Waals surface area contributed by atoms with Gasteiger partial charge in [-0.1, -0.05) is 6.07 Å². The zero-order chi connectivity index (χ0) is 17.4. The molecule has 0 spiro atoms. The van der Waals surface area contributed by atoms with Gasteiger partial charge in [-0.25, -0.2) is 14.8 Å². The van der Waals surface area contributed by atoms with Crippen molar-refractivity contribution in [3.8, 4) is 0 Å². The number of carbonyl (C=O) groups is 2. The van der Waals surface area contributed by atoms with Crippen molar-refractivity contribution < 1.29 is 19.1 Å². The molecule has 0 saturated heterocycles. The maximum Gasteiger partial charge on any atom is 0.337 e. The Bertz CT molecular complexity index is 703.